The Kier molecular flexibility index (Phi) is 4.37. The van der Waals surface area contributed by atoms with Crippen LogP contribution in [0.5, 0.6) is 11.5 Å². The molecule has 0 radical (unpaired) electrons. The zero-order chi connectivity index (χ0) is 19.9. The van der Waals surface area contributed by atoms with Gasteiger partial charge in [-0.1, -0.05) is 30.3 Å². The smallest absolute Gasteiger partial charge is 0.231 e. The van der Waals surface area contributed by atoms with Crippen LogP contribution in [0.4, 0.5) is 0 Å². The van der Waals surface area contributed by atoms with Crippen molar-refractivity contribution in [3.8, 4) is 22.9 Å². The number of hydrogen-bond donors (Lipinski definition) is 1. The Labute approximate surface area is 172 Å². The second-order valence-corrected chi connectivity index (χ2v) is 7.65. The van der Waals surface area contributed by atoms with Crippen molar-refractivity contribution in [2.24, 2.45) is 0 Å². The first kappa shape index (κ1) is 17.8. The molecule has 0 aliphatic carbocycles. The molecule has 30 heavy (non-hydrogen) atoms. The minimum Gasteiger partial charge on any atom is -0.454 e. The summed E-state index contributed by atoms with van der Waals surface area (Å²) in [5.74, 6) is 2.09. The largest absolute Gasteiger partial charge is 0.454 e. The first-order chi connectivity index (χ1) is 14.9. The monoisotopic (exact) mass is 407 g/mol. The van der Waals surface area contributed by atoms with Crippen molar-refractivity contribution in [2.75, 3.05) is 20.0 Å². The molecule has 3 aromatic rings. The molecule has 0 amide bonds. The van der Waals surface area contributed by atoms with Crippen LogP contribution in [-0.2, 0) is 16.0 Å². The minimum absolute atomic E-state index is 0.0347. The van der Waals surface area contributed by atoms with Crippen molar-refractivity contribution in [3.63, 3.8) is 0 Å². The second-order valence-electron chi connectivity index (χ2n) is 7.65. The Hall–Kier alpha value is -3.01. The first-order valence-corrected chi connectivity index (χ1v) is 10.1. The van der Waals surface area contributed by atoms with Crippen LogP contribution >= 0.6 is 0 Å². The molecule has 9 nitrogen and oxygen atoms in total. The summed E-state index contributed by atoms with van der Waals surface area (Å²) in [6.07, 6.45) is -0.137. The molecule has 2 aromatic carbocycles. The molecule has 9 heteroatoms. The lowest BCUT2D eigenvalue weighted by Gasteiger charge is -2.18. The summed E-state index contributed by atoms with van der Waals surface area (Å²) >= 11 is 0. The van der Waals surface area contributed by atoms with Crippen molar-refractivity contribution in [1.29, 1.82) is 0 Å². The molecule has 2 fully saturated rings. The molecule has 154 valence electrons. The molecule has 0 saturated carbocycles. The number of rotatable bonds is 5. The van der Waals surface area contributed by atoms with Crippen LogP contribution in [0, 0.1) is 0 Å². The fourth-order valence-electron chi connectivity index (χ4n) is 4.35. The van der Waals surface area contributed by atoms with E-state index in [1.807, 2.05) is 41.1 Å². The van der Waals surface area contributed by atoms with Crippen molar-refractivity contribution < 1.29 is 18.9 Å². The van der Waals surface area contributed by atoms with Crippen molar-refractivity contribution in [3.05, 3.63) is 54.1 Å². The van der Waals surface area contributed by atoms with E-state index >= 15 is 0 Å². The second kappa shape index (κ2) is 7.35. The van der Waals surface area contributed by atoms with Crippen molar-refractivity contribution >= 4 is 0 Å². The molecule has 1 aromatic heterocycles. The van der Waals surface area contributed by atoms with Gasteiger partial charge in [0, 0.05) is 12.1 Å². The predicted molar refractivity (Wildman–Crippen MR) is 105 cm³/mol. The highest BCUT2D eigenvalue weighted by Gasteiger charge is 2.49. The normalized spacial score (nSPS) is 26.8. The maximum atomic E-state index is 6.13. The van der Waals surface area contributed by atoms with Crippen LogP contribution in [-0.4, -0.2) is 58.5 Å². The molecule has 3 aliphatic rings. The Morgan fingerprint density at radius 3 is 2.77 bits per heavy atom. The quantitative estimate of drug-likeness (QED) is 0.681. The number of benzene rings is 2. The highest BCUT2D eigenvalue weighted by atomic mass is 16.7. The van der Waals surface area contributed by atoms with Gasteiger partial charge in [0.25, 0.3) is 0 Å². The molecule has 4 atom stereocenters. The Morgan fingerprint density at radius 2 is 1.83 bits per heavy atom. The molecule has 6 rings (SSSR count). The number of hydrogen-bond acceptors (Lipinski definition) is 8. The number of nitrogens with one attached hydrogen (secondary N) is 1. The Balaban J connectivity index is 1.19. The van der Waals surface area contributed by atoms with Gasteiger partial charge in [-0.2, -0.15) is 0 Å². The molecular formula is C21H21N5O4. The van der Waals surface area contributed by atoms with Crippen LogP contribution in [0.25, 0.3) is 11.4 Å². The minimum atomic E-state index is -0.102. The standard InChI is InChI=1S/C21H21N5O4/c1-2-4-13(5-3-1)9-22-15-10-27-20-16(11-28-19(15)20)26-21(23-24-25-26)14-6-7-17-18(8-14)30-12-29-17/h1-8,15-16,19-20,22H,9-12H2/t15-,16+,19-,20+/m1/s1. The Bertz CT molecular complexity index is 1040. The van der Waals surface area contributed by atoms with Gasteiger partial charge in [0.15, 0.2) is 17.3 Å². The first-order valence-electron chi connectivity index (χ1n) is 10.1. The zero-order valence-corrected chi connectivity index (χ0v) is 16.2. The molecule has 0 bridgehead atoms. The summed E-state index contributed by atoms with van der Waals surface area (Å²) in [6.45, 7) is 2.11. The third-order valence-corrected chi connectivity index (χ3v) is 5.88. The Morgan fingerprint density at radius 1 is 0.967 bits per heavy atom. The SMILES string of the molecule is c1ccc(CN[C@@H]2CO[C@@H]3[C@@H]2OC[C@@H]3n2nnnc2-c2ccc3c(c2)OCO3)cc1. The number of aromatic nitrogens is 4. The molecule has 2 saturated heterocycles. The zero-order valence-electron chi connectivity index (χ0n) is 16.2. The van der Waals surface area contributed by atoms with Gasteiger partial charge in [0.05, 0.1) is 19.3 Å². The summed E-state index contributed by atoms with van der Waals surface area (Å²) < 4.78 is 25.0. The van der Waals surface area contributed by atoms with E-state index in [9.17, 15) is 0 Å². The highest BCUT2D eigenvalue weighted by molar-refractivity contribution is 5.61. The maximum absolute atomic E-state index is 6.13. The molecule has 4 heterocycles. The van der Waals surface area contributed by atoms with Gasteiger partial charge in [-0.25, -0.2) is 4.68 Å². The molecule has 3 aliphatic heterocycles. The van der Waals surface area contributed by atoms with E-state index in [2.05, 4.69) is 33.0 Å². The fraction of sp³-hybridized carbons (Fsp3) is 0.381. The molecular weight excluding hydrogens is 386 g/mol. The van der Waals surface area contributed by atoms with Gasteiger partial charge >= 0.3 is 0 Å². The molecule has 0 spiro atoms. The number of fused-ring (bicyclic) bond motifs is 2. The average molecular weight is 407 g/mol. The van der Waals surface area contributed by atoms with E-state index in [0.29, 0.717) is 24.8 Å². The maximum Gasteiger partial charge on any atom is 0.231 e. The van der Waals surface area contributed by atoms with Crippen molar-refractivity contribution in [2.45, 2.75) is 30.8 Å². The van der Waals surface area contributed by atoms with Gasteiger partial charge < -0.3 is 24.3 Å². The van der Waals surface area contributed by atoms with Crippen LogP contribution in [0.1, 0.15) is 11.6 Å². The summed E-state index contributed by atoms with van der Waals surface area (Å²) in [7, 11) is 0. The van der Waals surface area contributed by atoms with E-state index in [1.165, 1.54) is 5.56 Å². The van der Waals surface area contributed by atoms with Crippen LogP contribution in [0.3, 0.4) is 0 Å². The fourth-order valence-corrected chi connectivity index (χ4v) is 4.35. The predicted octanol–water partition coefficient (Wildman–Crippen LogP) is 1.57. The third-order valence-electron chi connectivity index (χ3n) is 5.88. The number of ether oxygens (including phenoxy) is 4. The number of tetrazole rings is 1. The lowest BCUT2D eigenvalue weighted by molar-refractivity contribution is 0.0621. The highest BCUT2D eigenvalue weighted by Crippen LogP contribution is 2.38. The van der Waals surface area contributed by atoms with Crippen LogP contribution in [0.15, 0.2) is 48.5 Å². The lowest BCUT2D eigenvalue weighted by atomic mass is 10.1. The van der Waals surface area contributed by atoms with E-state index in [-0.39, 0.29) is 31.1 Å². The van der Waals surface area contributed by atoms with Crippen LogP contribution < -0.4 is 14.8 Å². The summed E-state index contributed by atoms with van der Waals surface area (Å²) in [6, 6.07) is 16.1. The summed E-state index contributed by atoms with van der Waals surface area (Å²) in [5.41, 5.74) is 2.10. The molecule has 1 N–H and O–H groups in total. The van der Waals surface area contributed by atoms with E-state index in [0.717, 1.165) is 17.9 Å². The van der Waals surface area contributed by atoms with Gasteiger partial charge in [-0.15, -0.1) is 5.10 Å². The third kappa shape index (κ3) is 3.02. The van der Waals surface area contributed by atoms with Crippen LogP contribution in [0.2, 0.25) is 0 Å². The van der Waals surface area contributed by atoms with E-state index in [1.54, 1.807) is 0 Å². The van der Waals surface area contributed by atoms with Crippen molar-refractivity contribution in [1.82, 2.24) is 25.5 Å². The summed E-state index contributed by atoms with van der Waals surface area (Å²) in [5, 5.41) is 16.0. The topological polar surface area (TPSA) is 92.6 Å². The molecule has 0 unspecified atom stereocenters. The summed E-state index contributed by atoms with van der Waals surface area (Å²) in [4.78, 5) is 0. The van der Waals surface area contributed by atoms with Gasteiger partial charge in [0.2, 0.25) is 6.79 Å². The average Bonchev–Trinajstić information content (AvgIpc) is 3.56. The van der Waals surface area contributed by atoms with E-state index in [4.69, 9.17) is 18.9 Å². The lowest BCUT2D eigenvalue weighted by Crippen LogP contribution is -2.40. The van der Waals surface area contributed by atoms with Gasteiger partial charge in [-0.05, 0) is 34.2 Å². The van der Waals surface area contributed by atoms with E-state index < -0.39 is 0 Å². The van der Waals surface area contributed by atoms with Gasteiger partial charge in [-0.3, -0.25) is 0 Å². The number of nitrogens with zero attached hydrogens (tertiary/aromatic N) is 4. The van der Waals surface area contributed by atoms with Gasteiger partial charge in [0.1, 0.15) is 18.2 Å².